The summed E-state index contributed by atoms with van der Waals surface area (Å²) in [5, 5.41) is 14.1. The van der Waals surface area contributed by atoms with E-state index in [1.807, 2.05) is 0 Å². The van der Waals surface area contributed by atoms with Gasteiger partial charge in [-0.15, -0.1) is 0 Å². The molecule has 0 saturated carbocycles. The zero-order valence-electron chi connectivity index (χ0n) is 12.1. The van der Waals surface area contributed by atoms with E-state index in [0.717, 1.165) is 12.8 Å². The Kier molecular flexibility index (Phi) is 9.47. The van der Waals surface area contributed by atoms with Crippen molar-refractivity contribution in [2.75, 3.05) is 19.3 Å². The van der Waals surface area contributed by atoms with Crippen molar-refractivity contribution >= 4 is 23.8 Å². The lowest BCUT2D eigenvalue weighted by molar-refractivity contribution is -0.137. The molecule has 0 bridgehead atoms. The third kappa shape index (κ3) is 7.97. The number of hydrogen-bond acceptors (Lipinski definition) is 3. The van der Waals surface area contributed by atoms with E-state index in [1.54, 1.807) is 11.8 Å². The van der Waals surface area contributed by atoms with Gasteiger partial charge >= 0.3 is 12.0 Å². The van der Waals surface area contributed by atoms with E-state index < -0.39 is 5.97 Å². The Labute approximate surface area is 119 Å². The molecule has 0 rings (SSSR count). The standard InChI is InChI=1S/C13H26N2O3S/c1-4-13(5-2,19-3)10-15-12(18)14-9-7-6-8-11(16)17/h4-10H2,1-3H3,(H,16,17)(H2,14,15,18). The molecule has 0 aliphatic heterocycles. The van der Waals surface area contributed by atoms with Gasteiger partial charge in [0.1, 0.15) is 0 Å². The highest BCUT2D eigenvalue weighted by atomic mass is 32.2. The second-order valence-corrected chi connectivity index (χ2v) is 5.83. The van der Waals surface area contributed by atoms with E-state index in [4.69, 9.17) is 5.11 Å². The molecule has 0 aliphatic carbocycles. The molecule has 0 aromatic rings. The van der Waals surface area contributed by atoms with Gasteiger partial charge in [-0.25, -0.2) is 4.79 Å². The van der Waals surface area contributed by atoms with Crippen LogP contribution in [0, 0.1) is 0 Å². The maximum absolute atomic E-state index is 11.6. The molecule has 0 aromatic carbocycles. The first-order valence-electron chi connectivity index (χ1n) is 6.78. The Balaban J connectivity index is 3.77. The third-order valence-corrected chi connectivity index (χ3v) is 4.98. The number of thioether (sulfide) groups is 1. The van der Waals surface area contributed by atoms with Crippen molar-refractivity contribution in [3.05, 3.63) is 0 Å². The molecule has 3 N–H and O–H groups in total. The molecule has 0 fully saturated rings. The molecule has 6 heteroatoms. The van der Waals surface area contributed by atoms with Crippen LogP contribution in [0.25, 0.3) is 0 Å². The molecule has 0 saturated heterocycles. The second-order valence-electron chi connectivity index (χ2n) is 4.55. The van der Waals surface area contributed by atoms with Crippen molar-refractivity contribution in [1.29, 1.82) is 0 Å². The lowest BCUT2D eigenvalue weighted by Crippen LogP contribution is -2.44. The first-order valence-corrected chi connectivity index (χ1v) is 8.00. The van der Waals surface area contributed by atoms with Crippen molar-refractivity contribution in [2.24, 2.45) is 0 Å². The summed E-state index contributed by atoms with van der Waals surface area (Å²) in [6.45, 7) is 5.43. The molecule has 2 amide bonds. The van der Waals surface area contributed by atoms with E-state index >= 15 is 0 Å². The molecule has 0 atom stereocenters. The molecular weight excluding hydrogens is 264 g/mol. The fourth-order valence-corrected chi connectivity index (χ4v) is 2.56. The van der Waals surface area contributed by atoms with E-state index in [1.165, 1.54) is 0 Å². The summed E-state index contributed by atoms with van der Waals surface area (Å²) >= 11 is 1.79. The van der Waals surface area contributed by atoms with Gasteiger partial charge in [0, 0.05) is 24.3 Å². The van der Waals surface area contributed by atoms with Crippen molar-refractivity contribution in [1.82, 2.24) is 10.6 Å². The van der Waals surface area contributed by atoms with E-state index in [2.05, 4.69) is 30.7 Å². The molecule has 5 nitrogen and oxygen atoms in total. The topological polar surface area (TPSA) is 78.4 Å². The smallest absolute Gasteiger partial charge is 0.314 e. The summed E-state index contributed by atoms with van der Waals surface area (Å²) < 4.78 is 0.112. The number of carbonyl (C=O) groups is 2. The number of rotatable bonds is 10. The molecular formula is C13H26N2O3S. The van der Waals surface area contributed by atoms with Crippen LogP contribution < -0.4 is 10.6 Å². The Bertz CT molecular complexity index is 273. The highest BCUT2D eigenvalue weighted by molar-refractivity contribution is 8.00. The zero-order valence-corrected chi connectivity index (χ0v) is 12.9. The molecule has 0 aromatic heterocycles. The van der Waals surface area contributed by atoms with Crippen LogP contribution in [0.5, 0.6) is 0 Å². The maximum atomic E-state index is 11.6. The fourth-order valence-electron chi connectivity index (χ4n) is 1.77. The number of carbonyl (C=O) groups excluding carboxylic acids is 1. The summed E-state index contributed by atoms with van der Waals surface area (Å²) in [5.41, 5.74) is 0. The van der Waals surface area contributed by atoms with Gasteiger partial charge < -0.3 is 15.7 Å². The van der Waals surface area contributed by atoms with E-state index in [-0.39, 0.29) is 17.2 Å². The van der Waals surface area contributed by atoms with Gasteiger partial charge in [0.2, 0.25) is 0 Å². The van der Waals surface area contributed by atoms with E-state index in [9.17, 15) is 9.59 Å². The summed E-state index contributed by atoms with van der Waals surface area (Å²) in [6.07, 6.45) is 5.54. The van der Waals surface area contributed by atoms with Crippen LogP contribution in [0.1, 0.15) is 46.0 Å². The van der Waals surface area contributed by atoms with Gasteiger partial charge in [0.05, 0.1) is 0 Å². The molecule has 112 valence electrons. The molecule has 0 radical (unpaired) electrons. The Morgan fingerprint density at radius 3 is 2.26 bits per heavy atom. The summed E-state index contributed by atoms with van der Waals surface area (Å²) in [4.78, 5) is 21.9. The third-order valence-electron chi connectivity index (χ3n) is 3.40. The number of urea groups is 1. The predicted octanol–water partition coefficient (Wildman–Crippen LogP) is 2.46. The Hall–Kier alpha value is -0.910. The number of amides is 2. The molecule has 0 aliphatic rings. The summed E-state index contributed by atoms with van der Waals surface area (Å²) in [5.74, 6) is -0.792. The number of carboxylic acids is 1. The van der Waals surface area contributed by atoms with Crippen LogP contribution in [0.3, 0.4) is 0 Å². The minimum atomic E-state index is -0.792. The number of aliphatic carboxylic acids is 1. The summed E-state index contributed by atoms with van der Waals surface area (Å²) in [6, 6.07) is -0.171. The highest BCUT2D eigenvalue weighted by Gasteiger charge is 2.25. The van der Waals surface area contributed by atoms with Crippen LogP contribution in [-0.2, 0) is 4.79 Å². The normalized spacial score (nSPS) is 11.1. The van der Waals surface area contributed by atoms with Gasteiger partial charge in [0.15, 0.2) is 0 Å². The Morgan fingerprint density at radius 2 is 1.79 bits per heavy atom. The average Bonchev–Trinajstić information content (AvgIpc) is 2.40. The van der Waals surface area contributed by atoms with Gasteiger partial charge in [-0.1, -0.05) is 13.8 Å². The molecule has 0 heterocycles. The van der Waals surface area contributed by atoms with Crippen LogP contribution in [0.4, 0.5) is 4.79 Å². The highest BCUT2D eigenvalue weighted by Crippen LogP contribution is 2.29. The maximum Gasteiger partial charge on any atom is 0.314 e. The minimum Gasteiger partial charge on any atom is -0.481 e. The van der Waals surface area contributed by atoms with Crippen LogP contribution >= 0.6 is 11.8 Å². The molecule has 0 unspecified atom stereocenters. The fraction of sp³-hybridized carbons (Fsp3) is 0.846. The summed E-state index contributed by atoms with van der Waals surface area (Å²) in [7, 11) is 0. The molecule has 0 spiro atoms. The average molecular weight is 290 g/mol. The lowest BCUT2D eigenvalue weighted by Gasteiger charge is -2.29. The first kappa shape index (κ1) is 18.1. The number of nitrogens with one attached hydrogen (secondary N) is 2. The first-order chi connectivity index (χ1) is 8.99. The van der Waals surface area contributed by atoms with Crippen molar-refractivity contribution < 1.29 is 14.7 Å². The second kappa shape index (κ2) is 9.95. The Morgan fingerprint density at radius 1 is 1.16 bits per heavy atom. The van der Waals surface area contributed by atoms with Gasteiger partial charge in [-0.3, -0.25) is 4.79 Å². The quantitative estimate of drug-likeness (QED) is 0.540. The SMILES string of the molecule is CCC(CC)(CNC(=O)NCCCCC(=O)O)SC. The van der Waals surface area contributed by atoms with E-state index in [0.29, 0.717) is 25.9 Å². The number of unbranched alkanes of at least 4 members (excludes halogenated alkanes) is 1. The van der Waals surface area contributed by atoms with Gasteiger partial charge in [0.25, 0.3) is 0 Å². The van der Waals surface area contributed by atoms with Crippen molar-refractivity contribution in [2.45, 2.75) is 50.7 Å². The predicted molar refractivity (Wildman–Crippen MR) is 79.7 cm³/mol. The number of carboxylic acid groups (broad SMARTS) is 1. The lowest BCUT2D eigenvalue weighted by atomic mass is 10.0. The minimum absolute atomic E-state index is 0.112. The van der Waals surface area contributed by atoms with Crippen LogP contribution in [-0.4, -0.2) is 41.2 Å². The monoisotopic (exact) mass is 290 g/mol. The zero-order chi connectivity index (χ0) is 14.7. The van der Waals surface area contributed by atoms with Gasteiger partial charge in [-0.05, 0) is 31.9 Å². The van der Waals surface area contributed by atoms with Crippen LogP contribution in [0.15, 0.2) is 0 Å². The number of hydrogen-bond donors (Lipinski definition) is 3. The largest absolute Gasteiger partial charge is 0.481 e. The van der Waals surface area contributed by atoms with Gasteiger partial charge in [-0.2, -0.15) is 11.8 Å². The van der Waals surface area contributed by atoms with Crippen molar-refractivity contribution in [3.8, 4) is 0 Å². The van der Waals surface area contributed by atoms with Crippen LogP contribution in [0.2, 0.25) is 0 Å². The molecule has 19 heavy (non-hydrogen) atoms. The van der Waals surface area contributed by atoms with Crippen molar-refractivity contribution in [3.63, 3.8) is 0 Å².